The van der Waals surface area contributed by atoms with Crippen LogP contribution in [0.5, 0.6) is 0 Å². The molecule has 3 heteroatoms. The number of rotatable bonds is 6. The van der Waals surface area contributed by atoms with Crippen LogP contribution < -0.4 is 5.32 Å². The lowest BCUT2D eigenvalue weighted by atomic mass is 10.0. The molecule has 0 spiro atoms. The number of benzene rings is 2. The summed E-state index contributed by atoms with van der Waals surface area (Å²) in [6, 6.07) is 12.4. The van der Waals surface area contributed by atoms with Crippen molar-refractivity contribution >= 4 is 0 Å². The van der Waals surface area contributed by atoms with E-state index in [0.29, 0.717) is 18.5 Å². The minimum Gasteiger partial charge on any atom is -0.310 e. The second-order valence-electron chi connectivity index (χ2n) is 5.35. The molecule has 0 aromatic heterocycles. The first kappa shape index (κ1) is 15.6. The Balaban J connectivity index is 1.92. The molecule has 112 valence electrons. The predicted molar refractivity (Wildman–Crippen MR) is 82.3 cm³/mol. The highest BCUT2D eigenvalue weighted by Gasteiger charge is 2.08. The van der Waals surface area contributed by atoms with E-state index in [4.69, 9.17) is 0 Å². The predicted octanol–water partition coefficient (Wildman–Crippen LogP) is 4.56. The Morgan fingerprint density at radius 1 is 1.00 bits per heavy atom. The average molecular weight is 289 g/mol. The molecule has 1 N–H and O–H groups in total. The van der Waals surface area contributed by atoms with E-state index in [1.54, 1.807) is 0 Å². The van der Waals surface area contributed by atoms with E-state index in [-0.39, 0.29) is 6.04 Å². The van der Waals surface area contributed by atoms with Crippen molar-refractivity contribution in [1.29, 1.82) is 0 Å². The van der Waals surface area contributed by atoms with E-state index in [1.165, 1.54) is 23.3 Å². The Labute approximate surface area is 125 Å². The SMILES string of the molecule is CCC(NCCc1cc(F)cc(F)c1)c1ccc(C)cc1. The van der Waals surface area contributed by atoms with Crippen molar-refractivity contribution in [1.82, 2.24) is 5.32 Å². The van der Waals surface area contributed by atoms with E-state index in [9.17, 15) is 8.78 Å². The average Bonchev–Trinajstić information content (AvgIpc) is 2.44. The van der Waals surface area contributed by atoms with Gasteiger partial charge in [-0.25, -0.2) is 8.78 Å². The van der Waals surface area contributed by atoms with Crippen LogP contribution in [0, 0.1) is 18.6 Å². The molecule has 0 fully saturated rings. The molecule has 0 radical (unpaired) electrons. The van der Waals surface area contributed by atoms with Crippen LogP contribution in [0.4, 0.5) is 8.78 Å². The van der Waals surface area contributed by atoms with Gasteiger partial charge < -0.3 is 5.32 Å². The van der Waals surface area contributed by atoms with Crippen LogP contribution >= 0.6 is 0 Å². The van der Waals surface area contributed by atoms with Gasteiger partial charge in [-0.3, -0.25) is 0 Å². The second kappa shape index (κ2) is 7.32. The molecular weight excluding hydrogens is 268 g/mol. The summed E-state index contributed by atoms with van der Waals surface area (Å²) in [7, 11) is 0. The lowest BCUT2D eigenvalue weighted by Crippen LogP contribution is -2.23. The molecule has 21 heavy (non-hydrogen) atoms. The molecule has 2 aromatic carbocycles. The molecule has 0 heterocycles. The highest BCUT2D eigenvalue weighted by atomic mass is 19.1. The Hall–Kier alpha value is -1.74. The van der Waals surface area contributed by atoms with Gasteiger partial charge in [-0.1, -0.05) is 36.8 Å². The molecule has 1 atom stereocenters. The molecule has 0 saturated heterocycles. The third-order valence-corrected chi connectivity index (χ3v) is 3.61. The van der Waals surface area contributed by atoms with E-state index >= 15 is 0 Å². The summed E-state index contributed by atoms with van der Waals surface area (Å²) < 4.78 is 26.2. The first-order valence-corrected chi connectivity index (χ1v) is 7.33. The van der Waals surface area contributed by atoms with Crippen LogP contribution in [0.3, 0.4) is 0 Å². The summed E-state index contributed by atoms with van der Waals surface area (Å²) in [4.78, 5) is 0. The molecular formula is C18H21F2N. The zero-order chi connectivity index (χ0) is 15.2. The maximum atomic E-state index is 13.1. The molecule has 0 saturated carbocycles. The van der Waals surface area contributed by atoms with Crippen LogP contribution in [0.1, 0.15) is 36.1 Å². The highest BCUT2D eigenvalue weighted by molar-refractivity contribution is 5.24. The molecule has 0 aliphatic heterocycles. The number of aryl methyl sites for hydroxylation is 1. The van der Waals surface area contributed by atoms with Gasteiger partial charge in [-0.2, -0.15) is 0 Å². The molecule has 0 amide bonds. The smallest absolute Gasteiger partial charge is 0.126 e. The van der Waals surface area contributed by atoms with E-state index in [1.807, 2.05) is 0 Å². The van der Waals surface area contributed by atoms with Crippen molar-refractivity contribution in [2.75, 3.05) is 6.54 Å². The number of nitrogens with one attached hydrogen (secondary N) is 1. The normalized spacial score (nSPS) is 12.4. The minimum absolute atomic E-state index is 0.268. The quantitative estimate of drug-likeness (QED) is 0.822. The van der Waals surface area contributed by atoms with Gasteiger partial charge in [-0.05, 0) is 49.6 Å². The van der Waals surface area contributed by atoms with Gasteiger partial charge in [0.15, 0.2) is 0 Å². The van der Waals surface area contributed by atoms with Gasteiger partial charge in [0.2, 0.25) is 0 Å². The summed E-state index contributed by atoms with van der Waals surface area (Å²) in [5, 5.41) is 3.45. The number of halogens is 2. The summed E-state index contributed by atoms with van der Waals surface area (Å²) in [5.41, 5.74) is 3.16. The first-order valence-electron chi connectivity index (χ1n) is 7.33. The maximum absolute atomic E-state index is 13.1. The van der Waals surface area contributed by atoms with E-state index < -0.39 is 11.6 Å². The molecule has 2 aromatic rings. The largest absolute Gasteiger partial charge is 0.310 e. The summed E-state index contributed by atoms with van der Waals surface area (Å²) in [6.07, 6.45) is 1.58. The van der Waals surface area contributed by atoms with Crippen LogP contribution in [-0.2, 0) is 6.42 Å². The molecule has 0 aliphatic rings. The van der Waals surface area contributed by atoms with Crippen molar-refractivity contribution in [3.63, 3.8) is 0 Å². The Morgan fingerprint density at radius 3 is 2.19 bits per heavy atom. The van der Waals surface area contributed by atoms with Crippen molar-refractivity contribution in [2.24, 2.45) is 0 Å². The Kier molecular flexibility index (Phi) is 5.45. The van der Waals surface area contributed by atoms with Gasteiger partial charge in [-0.15, -0.1) is 0 Å². The fourth-order valence-electron chi connectivity index (χ4n) is 2.44. The monoisotopic (exact) mass is 289 g/mol. The zero-order valence-corrected chi connectivity index (χ0v) is 12.5. The minimum atomic E-state index is -0.518. The zero-order valence-electron chi connectivity index (χ0n) is 12.5. The molecule has 1 nitrogen and oxygen atoms in total. The summed E-state index contributed by atoms with van der Waals surface area (Å²) in [5.74, 6) is -1.04. The van der Waals surface area contributed by atoms with Crippen molar-refractivity contribution in [2.45, 2.75) is 32.7 Å². The number of hydrogen-bond acceptors (Lipinski definition) is 1. The van der Waals surface area contributed by atoms with Gasteiger partial charge in [0.25, 0.3) is 0 Å². The van der Waals surface area contributed by atoms with Gasteiger partial charge in [0, 0.05) is 12.1 Å². The second-order valence-corrected chi connectivity index (χ2v) is 5.35. The van der Waals surface area contributed by atoms with Crippen molar-refractivity contribution in [3.8, 4) is 0 Å². The van der Waals surface area contributed by atoms with Gasteiger partial charge in [0.1, 0.15) is 11.6 Å². The maximum Gasteiger partial charge on any atom is 0.126 e. The third kappa shape index (κ3) is 4.64. The fraction of sp³-hybridized carbons (Fsp3) is 0.333. The standard InChI is InChI=1S/C18H21F2N/c1-3-18(15-6-4-13(2)5-7-15)21-9-8-14-10-16(19)12-17(20)11-14/h4-7,10-12,18,21H,3,8-9H2,1-2H3. The first-order chi connectivity index (χ1) is 10.1. The van der Waals surface area contributed by atoms with E-state index in [0.717, 1.165) is 12.5 Å². The van der Waals surface area contributed by atoms with E-state index in [2.05, 4.69) is 43.4 Å². The highest BCUT2D eigenvalue weighted by Crippen LogP contribution is 2.17. The van der Waals surface area contributed by atoms with Crippen LogP contribution in [0.25, 0.3) is 0 Å². The lowest BCUT2D eigenvalue weighted by Gasteiger charge is -2.17. The lowest BCUT2D eigenvalue weighted by molar-refractivity contribution is 0.520. The Bertz CT molecular complexity index is 558. The summed E-state index contributed by atoms with van der Waals surface area (Å²) >= 11 is 0. The van der Waals surface area contributed by atoms with Gasteiger partial charge >= 0.3 is 0 Å². The fourth-order valence-corrected chi connectivity index (χ4v) is 2.44. The molecule has 1 unspecified atom stereocenters. The van der Waals surface area contributed by atoms with Crippen molar-refractivity contribution < 1.29 is 8.78 Å². The molecule has 0 bridgehead atoms. The topological polar surface area (TPSA) is 12.0 Å². The molecule has 0 aliphatic carbocycles. The van der Waals surface area contributed by atoms with Crippen LogP contribution in [0.15, 0.2) is 42.5 Å². The van der Waals surface area contributed by atoms with Crippen molar-refractivity contribution in [3.05, 3.63) is 70.8 Å². The Morgan fingerprint density at radius 2 is 1.62 bits per heavy atom. The van der Waals surface area contributed by atoms with Crippen LogP contribution in [-0.4, -0.2) is 6.54 Å². The number of hydrogen-bond donors (Lipinski definition) is 1. The summed E-state index contributed by atoms with van der Waals surface area (Å²) in [6.45, 7) is 4.88. The third-order valence-electron chi connectivity index (χ3n) is 3.61. The van der Waals surface area contributed by atoms with Crippen LogP contribution in [0.2, 0.25) is 0 Å². The van der Waals surface area contributed by atoms with Gasteiger partial charge in [0.05, 0.1) is 0 Å². The molecule has 2 rings (SSSR count).